The summed E-state index contributed by atoms with van der Waals surface area (Å²) in [4.78, 5) is 10.7. The first-order chi connectivity index (χ1) is 5.46. The summed E-state index contributed by atoms with van der Waals surface area (Å²) < 4.78 is 0. The molecule has 0 aromatic carbocycles. The summed E-state index contributed by atoms with van der Waals surface area (Å²) in [5.74, 6) is -0.231. The number of carbonyl (C=O) groups is 1. The summed E-state index contributed by atoms with van der Waals surface area (Å²) in [7, 11) is 0. The van der Waals surface area contributed by atoms with Gasteiger partial charge in [0.2, 0.25) is 0 Å². The highest BCUT2D eigenvalue weighted by Gasteiger charge is 2.41. The molecule has 3 atom stereocenters. The highest BCUT2D eigenvalue weighted by atomic mass is 16.4. The van der Waals surface area contributed by atoms with Crippen molar-refractivity contribution in [3.63, 3.8) is 0 Å². The van der Waals surface area contributed by atoms with Crippen LogP contribution >= 0.6 is 0 Å². The number of carboxylic acid groups (broad SMARTS) is 1. The lowest BCUT2D eigenvalue weighted by Crippen LogP contribution is -2.44. The van der Waals surface area contributed by atoms with Crippen molar-refractivity contribution in [3.05, 3.63) is 0 Å². The smallest absolute Gasteiger partial charge is 0.335 e. The van der Waals surface area contributed by atoms with Crippen molar-refractivity contribution in [3.8, 4) is 0 Å². The molecule has 1 rings (SSSR count). The van der Waals surface area contributed by atoms with Gasteiger partial charge in [0, 0.05) is 0 Å². The van der Waals surface area contributed by atoms with Gasteiger partial charge in [0.25, 0.3) is 0 Å². The first kappa shape index (κ1) is 9.52. The van der Waals surface area contributed by atoms with E-state index in [1.54, 1.807) is 0 Å². The zero-order valence-electron chi connectivity index (χ0n) is 7.58. The lowest BCUT2D eigenvalue weighted by molar-refractivity contribution is -0.164. The molecule has 1 saturated carbocycles. The topological polar surface area (TPSA) is 57.5 Å². The van der Waals surface area contributed by atoms with Gasteiger partial charge >= 0.3 is 5.97 Å². The lowest BCUT2D eigenvalue weighted by Gasteiger charge is -2.35. The van der Waals surface area contributed by atoms with Crippen LogP contribution in [0.2, 0.25) is 0 Å². The molecule has 0 saturated heterocycles. The molecule has 0 radical (unpaired) electrons. The van der Waals surface area contributed by atoms with Gasteiger partial charge in [0.05, 0.1) is 0 Å². The first-order valence-corrected chi connectivity index (χ1v) is 4.41. The van der Waals surface area contributed by atoms with Gasteiger partial charge in [-0.2, -0.15) is 0 Å². The predicted molar refractivity (Wildman–Crippen MR) is 44.8 cm³/mol. The lowest BCUT2D eigenvalue weighted by atomic mass is 9.73. The molecule has 2 N–H and O–H groups in total. The van der Waals surface area contributed by atoms with Gasteiger partial charge in [-0.15, -0.1) is 0 Å². The van der Waals surface area contributed by atoms with E-state index in [9.17, 15) is 9.90 Å². The minimum atomic E-state index is -1.45. The standard InChI is InChI=1S/C9H16O3/c1-6-3-4-9(12,8(10)11)5-7(6)2/h6-7,12H,3-5H2,1-2H3,(H,10,11). The normalized spacial score (nSPS) is 42.6. The Morgan fingerprint density at radius 3 is 2.42 bits per heavy atom. The first-order valence-electron chi connectivity index (χ1n) is 4.41. The molecule has 12 heavy (non-hydrogen) atoms. The van der Waals surface area contributed by atoms with Crippen LogP contribution < -0.4 is 0 Å². The molecule has 70 valence electrons. The average Bonchev–Trinajstić information content (AvgIpc) is 1.97. The van der Waals surface area contributed by atoms with Gasteiger partial charge in [-0.1, -0.05) is 13.8 Å². The summed E-state index contributed by atoms with van der Waals surface area (Å²) in [6.45, 7) is 4.10. The van der Waals surface area contributed by atoms with Crippen LogP contribution in [0, 0.1) is 11.8 Å². The van der Waals surface area contributed by atoms with Crippen molar-refractivity contribution in [2.75, 3.05) is 0 Å². The third kappa shape index (κ3) is 1.61. The molecule has 0 aromatic heterocycles. The third-order valence-electron chi connectivity index (χ3n) is 3.04. The van der Waals surface area contributed by atoms with Crippen LogP contribution in [0.25, 0.3) is 0 Å². The Bertz CT molecular complexity index is 190. The quantitative estimate of drug-likeness (QED) is 0.626. The van der Waals surface area contributed by atoms with Crippen molar-refractivity contribution < 1.29 is 15.0 Å². The van der Waals surface area contributed by atoms with Crippen LogP contribution in [0.15, 0.2) is 0 Å². The van der Waals surface area contributed by atoms with E-state index in [4.69, 9.17) is 5.11 Å². The molecule has 3 unspecified atom stereocenters. The van der Waals surface area contributed by atoms with E-state index in [0.29, 0.717) is 24.7 Å². The van der Waals surface area contributed by atoms with Gasteiger partial charge in [-0.25, -0.2) is 4.79 Å². The fourth-order valence-corrected chi connectivity index (χ4v) is 1.78. The Morgan fingerprint density at radius 2 is 2.00 bits per heavy atom. The van der Waals surface area contributed by atoms with Gasteiger partial charge in [-0.3, -0.25) is 0 Å². The van der Waals surface area contributed by atoms with E-state index < -0.39 is 11.6 Å². The second-order valence-electron chi connectivity index (χ2n) is 4.03. The minimum absolute atomic E-state index is 0.305. The number of rotatable bonds is 1. The zero-order valence-corrected chi connectivity index (χ0v) is 7.58. The van der Waals surface area contributed by atoms with E-state index in [1.165, 1.54) is 0 Å². The van der Waals surface area contributed by atoms with E-state index in [-0.39, 0.29) is 0 Å². The van der Waals surface area contributed by atoms with Crippen LogP contribution in [-0.4, -0.2) is 21.8 Å². The second kappa shape index (κ2) is 3.05. The molecule has 0 spiro atoms. The van der Waals surface area contributed by atoms with E-state index in [0.717, 1.165) is 6.42 Å². The maximum atomic E-state index is 10.7. The van der Waals surface area contributed by atoms with Crippen LogP contribution in [0.1, 0.15) is 33.1 Å². The Balaban J connectivity index is 2.66. The van der Waals surface area contributed by atoms with Crippen LogP contribution in [0.4, 0.5) is 0 Å². The van der Waals surface area contributed by atoms with Crippen molar-refractivity contribution in [2.24, 2.45) is 11.8 Å². The van der Waals surface area contributed by atoms with Crippen molar-refractivity contribution in [1.82, 2.24) is 0 Å². The number of hydrogen-bond donors (Lipinski definition) is 2. The van der Waals surface area contributed by atoms with E-state index in [1.807, 2.05) is 6.92 Å². The van der Waals surface area contributed by atoms with Crippen LogP contribution in [-0.2, 0) is 4.79 Å². The Labute approximate surface area is 72.4 Å². The van der Waals surface area contributed by atoms with E-state index in [2.05, 4.69) is 6.92 Å². The fraction of sp³-hybridized carbons (Fsp3) is 0.889. The summed E-state index contributed by atoms with van der Waals surface area (Å²) in [5.41, 5.74) is -1.45. The fourth-order valence-electron chi connectivity index (χ4n) is 1.78. The largest absolute Gasteiger partial charge is 0.479 e. The zero-order chi connectivity index (χ0) is 9.35. The van der Waals surface area contributed by atoms with Gasteiger partial charge in [0.15, 0.2) is 5.60 Å². The second-order valence-corrected chi connectivity index (χ2v) is 4.03. The molecule has 1 aliphatic carbocycles. The average molecular weight is 172 g/mol. The summed E-state index contributed by atoms with van der Waals surface area (Å²) >= 11 is 0. The summed E-state index contributed by atoms with van der Waals surface area (Å²) in [6.07, 6.45) is 1.60. The molecule has 0 bridgehead atoms. The number of aliphatic hydroxyl groups is 1. The number of aliphatic carboxylic acids is 1. The third-order valence-corrected chi connectivity index (χ3v) is 3.04. The van der Waals surface area contributed by atoms with Gasteiger partial charge < -0.3 is 10.2 Å². The minimum Gasteiger partial charge on any atom is -0.479 e. The highest BCUT2D eigenvalue weighted by molar-refractivity contribution is 5.77. The summed E-state index contributed by atoms with van der Waals surface area (Å²) in [5, 5.41) is 18.4. The Morgan fingerprint density at radius 1 is 1.42 bits per heavy atom. The van der Waals surface area contributed by atoms with Crippen molar-refractivity contribution >= 4 is 5.97 Å². The predicted octanol–water partition coefficient (Wildman–Crippen LogP) is 1.26. The SMILES string of the molecule is CC1CCC(O)(C(=O)O)CC1C. The molecule has 0 aliphatic heterocycles. The maximum absolute atomic E-state index is 10.7. The van der Waals surface area contributed by atoms with Gasteiger partial charge in [-0.05, 0) is 31.1 Å². The monoisotopic (exact) mass is 172 g/mol. The van der Waals surface area contributed by atoms with E-state index >= 15 is 0 Å². The van der Waals surface area contributed by atoms with Crippen molar-refractivity contribution in [1.29, 1.82) is 0 Å². The summed E-state index contributed by atoms with van der Waals surface area (Å²) in [6, 6.07) is 0. The van der Waals surface area contributed by atoms with Gasteiger partial charge in [0.1, 0.15) is 0 Å². The number of carboxylic acids is 1. The van der Waals surface area contributed by atoms with Crippen LogP contribution in [0.5, 0.6) is 0 Å². The molecule has 1 aliphatic rings. The molecular formula is C9H16O3. The molecule has 3 heteroatoms. The van der Waals surface area contributed by atoms with Crippen LogP contribution in [0.3, 0.4) is 0 Å². The van der Waals surface area contributed by atoms with Crippen molar-refractivity contribution in [2.45, 2.75) is 38.7 Å². The Hall–Kier alpha value is -0.570. The highest BCUT2D eigenvalue weighted by Crippen LogP contribution is 2.36. The molecule has 3 nitrogen and oxygen atoms in total. The molecule has 0 amide bonds. The number of hydrogen-bond acceptors (Lipinski definition) is 2. The molecule has 1 fully saturated rings. The molecular weight excluding hydrogens is 156 g/mol. The molecule has 0 aromatic rings. The maximum Gasteiger partial charge on any atom is 0.335 e. The Kier molecular flexibility index (Phi) is 2.42. The molecule has 0 heterocycles.